The maximum atomic E-state index is 5.70. The molecule has 3 N–H and O–H groups in total. The van der Waals surface area contributed by atoms with E-state index in [0.717, 1.165) is 6.42 Å². The summed E-state index contributed by atoms with van der Waals surface area (Å²) in [4.78, 5) is 0. The van der Waals surface area contributed by atoms with E-state index in [-0.39, 0.29) is 6.04 Å². The van der Waals surface area contributed by atoms with Gasteiger partial charge in [-0.1, -0.05) is 59.7 Å². The van der Waals surface area contributed by atoms with E-state index >= 15 is 0 Å². The molecule has 0 aliphatic heterocycles. The molecule has 2 aromatic carbocycles. The molecule has 0 spiro atoms. The average molecular weight is 240 g/mol. The van der Waals surface area contributed by atoms with Crippen LogP contribution in [0.15, 0.2) is 48.5 Å². The van der Waals surface area contributed by atoms with Crippen molar-refractivity contribution in [3.05, 3.63) is 70.8 Å². The van der Waals surface area contributed by atoms with E-state index in [1.807, 2.05) is 6.07 Å². The summed E-state index contributed by atoms with van der Waals surface area (Å²) in [5, 5.41) is 0. The zero-order valence-corrected chi connectivity index (χ0v) is 11.0. The first-order valence-electron chi connectivity index (χ1n) is 6.27. The predicted molar refractivity (Wildman–Crippen MR) is 76.1 cm³/mol. The van der Waals surface area contributed by atoms with Crippen molar-refractivity contribution in [1.82, 2.24) is 5.43 Å². The van der Waals surface area contributed by atoms with Crippen molar-refractivity contribution in [3.8, 4) is 0 Å². The Balaban J connectivity index is 2.23. The molecule has 94 valence electrons. The minimum Gasteiger partial charge on any atom is -0.271 e. The highest BCUT2D eigenvalue weighted by atomic mass is 15.2. The first-order chi connectivity index (χ1) is 8.69. The van der Waals surface area contributed by atoms with Crippen LogP contribution in [0, 0.1) is 13.8 Å². The lowest BCUT2D eigenvalue weighted by molar-refractivity contribution is 0.551. The third-order valence-corrected chi connectivity index (χ3v) is 3.13. The van der Waals surface area contributed by atoms with Crippen molar-refractivity contribution >= 4 is 0 Å². The van der Waals surface area contributed by atoms with Crippen LogP contribution in [0.3, 0.4) is 0 Å². The minimum absolute atomic E-state index is 0.158. The molecule has 18 heavy (non-hydrogen) atoms. The fraction of sp³-hybridized carbons (Fsp3) is 0.250. The highest BCUT2D eigenvalue weighted by molar-refractivity contribution is 5.32. The maximum absolute atomic E-state index is 5.70. The van der Waals surface area contributed by atoms with Crippen LogP contribution in [-0.4, -0.2) is 0 Å². The normalized spacial score (nSPS) is 12.4. The van der Waals surface area contributed by atoms with E-state index in [2.05, 4.69) is 61.7 Å². The summed E-state index contributed by atoms with van der Waals surface area (Å²) in [7, 11) is 0. The molecule has 0 saturated heterocycles. The van der Waals surface area contributed by atoms with Gasteiger partial charge < -0.3 is 0 Å². The predicted octanol–water partition coefficient (Wildman–Crippen LogP) is 3.05. The highest BCUT2D eigenvalue weighted by Gasteiger charge is 2.11. The van der Waals surface area contributed by atoms with Gasteiger partial charge in [0, 0.05) is 6.04 Å². The first kappa shape index (κ1) is 12.8. The quantitative estimate of drug-likeness (QED) is 0.636. The summed E-state index contributed by atoms with van der Waals surface area (Å²) in [6.45, 7) is 4.24. The van der Waals surface area contributed by atoms with E-state index in [1.165, 1.54) is 22.3 Å². The lowest BCUT2D eigenvalue weighted by atomic mass is 9.96. The topological polar surface area (TPSA) is 38.0 Å². The van der Waals surface area contributed by atoms with Crippen LogP contribution in [0.1, 0.15) is 28.3 Å². The summed E-state index contributed by atoms with van der Waals surface area (Å²) < 4.78 is 0. The lowest BCUT2D eigenvalue weighted by Gasteiger charge is -2.17. The molecule has 0 aliphatic carbocycles. The van der Waals surface area contributed by atoms with Gasteiger partial charge in [-0.25, -0.2) is 0 Å². The van der Waals surface area contributed by atoms with Gasteiger partial charge in [-0.2, -0.15) is 0 Å². The lowest BCUT2D eigenvalue weighted by Crippen LogP contribution is -2.29. The minimum atomic E-state index is 0.158. The number of rotatable bonds is 4. The van der Waals surface area contributed by atoms with Gasteiger partial charge >= 0.3 is 0 Å². The first-order valence-corrected chi connectivity index (χ1v) is 6.27. The molecule has 0 bridgehead atoms. The second-order valence-corrected chi connectivity index (χ2v) is 4.83. The third-order valence-electron chi connectivity index (χ3n) is 3.13. The zero-order chi connectivity index (χ0) is 13.0. The van der Waals surface area contributed by atoms with Crippen molar-refractivity contribution < 1.29 is 0 Å². The molecule has 0 fully saturated rings. The molecule has 2 heteroatoms. The fourth-order valence-electron chi connectivity index (χ4n) is 2.33. The van der Waals surface area contributed by atoms with E-state index in [0.29, 0.717) is 0 Å². The van der Waals surface area contributed by atoms with E-state index in [9.17, 15) is 0 Å². The standard InChI is InChI=1S/C16H20N2/c1-12-8-13(2)10-15(9-12)16(18-17)11-14-6-4-3-5-7-14/h3-10,16,18H,11,17H2,1-2H3. The molecule has 2 nitrogen and oxygen atoms in total. The molecule has 0 radical (unpaired) electrons. The Kier molecular flexibility index (Phi) is 4.13. The Morgan fingerprint density at radius 2 is 1.61 bits per heavy atom. The molecular formula is C16H20N2. The molecule has 1 atom stereocenters. The molecule has 2 rings (SSSR count). The Hall–Kier alpha value is -1.64. The number of nitrogens with two attached hydrogens (primary N) is 1. The molecule has 0 saturated carbocycles. The summed E-state index contributed by atoms with van der Waals surface area (Å²) in [5.41, 5.74) is 8.01. The van der Waals surface area contributed by atoms with Gasteiger partial charge in [0.2, 0.25) is 0 Å². The number of benzene rings is 2. The Morgan fingerprint density at radius 1 is 1.00 bits per heavy atom. The SMILES string of the molecule is Cc1cc(C)cc(C(Cc2ccccc2)NN)c1. The maximum Gasteiger partial charge on any atom is 0.0500 e. The van der Waals surface area contributed by atoms with Crippen LogP contribution >= 0.6 is 0 Å². The van der Waals surface area contributed by atoms with Gasteiger partial charge in [-0.3, -0.25) is 11.3 Å². The zero-order valence-electron chi connectivity index (χ0n) is 11.0. The highest BCUT2D eigenvalue weighted by Crippen LogP contribution is 2.20. The number of hydrogen-bond acceptors (Lipinski definition) is 2. The number of hydrogen-bond donors (Lipinski definition) is 2. The van der Waals surface area contributed by atoms with E-state index < -0.39 is 0 Å². The fourth-order valence-corrected chi connectivity index (χ4v) is 2.33. The Morgan fingerprint density at radius 3 is 2.17 bits per heavy atom. The van der Waals surface area contributed by atoms with Gasteiger partial charge in [-0.15, -0.1) is 0 Å². The largest absolute Gasteiger partial charge is 0.271 e. The van der Waals surface area contributed by atoms with E-state index in [4.69, 9.17) is 5.84 Å². The summed E-state index contributed by atoms with van der Waals surface area (Å²) >= 11 is 0. The number of aryl methyl sites for hydroxylation is 2. The molecule has 0 aliphatic rings. The van der Waals surface area contributed by atoms with Gasteiger partial charge in [-0.05, 0) is 31.4 Å². The smallest absolute Gasteiger partial charge is 0.0500 e. The molecular weight excluding hydrogens is 220 g/mol. The molecule has 0 aromatic heterocycles. The van der Waals surface area contributed by atoms with Gasteiger partial charge in [0.1, 0.15) is 0 Å². The van der Waals surface area contributed by atoms with Gasteiger partial charge in [0.25, 0.3) is 0 Å². The number of nitrogens with one attached hydrogen (secondary N) is 1. The van der Waals surface area contributed by atoms with Crippen LogP contribution in [0.25, 0.3) is 0 Å². The summed E-state index contributed by atoms with van der Waals surface area (Å²) in [6.07, 6.45) is 0.903. The van der Waals surface area contributed by atoms with Crippen molar-refractivity contribution in [2.45, 2.75) is 26.3 Å². The average Bonchev–Trinajstić information content (AvgIpc) is 2.36. The van der Waals surface area contributed by atoms with Crippen LogP contribution in [0.4, 0.5) is 0 Å². The summed E-state index contributed by atoms with van der Waals surface area (Å²) in [5.74, 6) is 5.70. The van der Waals surface area contributed by atoms with Crippen molar-refractivity contribution in [1.29, 1.82) is 0 Å². The summed E-state index contributed by atoms with van der Waals surface area (Å²) in [6, 6.07) is 17.1. The van der Waals surface area contributed by atoms with Crippen molar-refractivity contribution in [2.24, 2.45) is 5.84 Å². The third kappa shape index (κ3) is 3.19. The molecule has 1 unspecified atom stereocenters. The van der Waals surface area contributed by atoms with Crippen LogP contribution < -0.4 is 11.3 Å². The van der Waals surface area contributed by atoms with Gasteiger partial charge in [0.05, 0.1) is 0 Å². The Bertz CT molecular complexity index is 486. The molecule has 0 heterocycles. The Labute approximate surface area is 109 Å². The van der Waals surface area contributed by atoms with E-state index in [1.54, 1.807) is 0 Å². The molecule has 2 aromatic rings. The van der Waals surface area contributed by atoms with Crippen molar-refractivity contribution in [3.63, 3.8) is 0 Å². The van der Waals surface area contributed by atoms with Crippen LogP contribution in [-0.2, 0) is 6.42 Å². The van der Waals surface area contributed by atoms with Crippen LogP contribution in [0.2, 0.25) is 0 Å². The second kappa shape index (κ2) is 5.80. The monoisotopic (exact) mass is 240 g/mol. The van der Waals surface area contributed by atoms with Gasteiger partial charge in [0.15, 0.2) is 0 Å². The molecule has 0 amide bonds. The van der Waals surface area contributed by atoms with Crippen LogP contribution in [0.5, 0.6) is 0 Å². The second-order valence-electron chi connectivity index (χ2n) is 4.83. The number of hydrazine groups is 1. The van der Waals surface area contributed by atoms with Crippen molar-refractivity contribution in [2.75, 3.05) is 0 Å².